The van der Waals surface area contributed by atoms with Gasteiger partial charge in [0.2, 0.25) is 0 Å². The quantitative estimate of drug-likeness (QED) is 0.700. The third-order valence-electron chi connectivity index (χ3n) is 3.85. The molecule has 0 saturated heterocycles. The van der Waals surface area contributed by atoms with E-state index in [-0.39, 0.29) is 12.5 Å². The third-order valence-corrected chi connectivity index (χ3v) is 5.85. The van der Waals surface area contributed by atoms with Gasteiger partial charge in [-0.25, -0.2) is 0 Å². The lowest BCUT2D eigenvalue weighted by Gasteiger charge is -2.13. The van der Waals surface area contributed by atoms with Crippen molar-refractivity contribution < 1.29 is 14.7 Å². The summed E-state index contributed by atoms with van der Waals surface area (Å²) in [5, 5.41) is 17.2. The summed E-state index contributed by atoms with van der Waals surface area (Å²) in [4.78, 5) is 24.3. The Bertz CT molecular complexity index is 835. The lowest BCUT2D eigenvalue weighted by atomic mass is 9.98. The molecule has 0 aliphatic heterocycles. The molecule has 2 aromatic heterocycles. The van der Waals surface area contributed by atoms with Crippen LogP contribution in [-0.2, 0) is 11.2 Å². The number of aryl methyl sites for hydroxylation is 1. The fraction of sp³-hybridized carbons (Fsp3) is 0.222. The van der Waals surface area contributed by atoms with E-state index in [0.29, 0.717) is 11.3 Å². The van der Waals surface area contributed by atoms with Crippen LogP contribution in [0.3, 0.4) is 0 Å². The summed E-state index contributed by atoms with van der Waals surface area (Å²) in [6.07, 6.45) is 0.398. The molecule has 0 saturated carbocycles. The minimum Gasteiger partial charge on any atom is -0.481 e. The number of hydrogen-bond donors (Lipinski definition) is 2. The monoisotopic (exact) mass is 359 g/mol. The van der Waals surface area contributed by atoms with Gasteiger partial charge in [-0.2, -0.15) is 11.3 Å². The van der Waals surface area contributed by atoms with Crippen molar-refractivity contribution in [2.75, 3.05) is 6.54 Å². The minimum atomic E-state index is -0.900. The van der Waals surface area contributed by atoms with Crippen LogP contribution in [-0.4, -0.2) is 23.5 Å². The molecular formula is C18H17NO3S2. The van der Waals surface area contributed by atoms with Crippen LogP contribution in [0.2, 0.25) is 0 Å². The number of benzene rings is 1. The minimum absolute atomic E-state index is 0.118. The van der Waals surface area contributed by atoms with E-state index in [1.807, 2.05) is 48.0 Å². The van der Waals surface area contributed by atoms with Crippen LogP contribution in [0.15, 0.2) is 41.1 Å². The van der Waals surface area contributed by atoms with Gasteiger partial charge in [-0.05, 0) is 30.4 Å². The predicted octanol–water partition coefficient (Wildman–Crippen LogP) is 3.94. The fourth-order valence-electron chi connectivity index (χ4n) is 2.44. The molecule has 0 spiro atoms. The molecule has 2 heterocycles. The highest BCUT2D eigenvalue weighted by Crippen LogP contribution is 2.28. The van der Waals surface area contributed by atoms with Gasteiger partial charge in [0.05, 0.1) is 10.8 Å². The van der Waals surface area contributed by atoms with Gasteiger partial charge in [0, 0.05) is 22.0 Å². The summed E-state index contributed by atoms with van der Waals surface area (Å²) < 4.78 is 1.08. The van der Waals surface area contributed by atoms with Gasteiger partial charge in [0.25, 0.3) is 5.91 Å². The molecule has 6 heteroatoms. The first kappa shape index (κ1) is 16.7. The van der Waals surface area contributed by atoms with Gasteiger partial charge in [-0.15, -0.1) is 11.3 Å². The molecule has 1 aromatic carbocycles. The number of fused-ring (bicyclic) bond motifs is 1. The summed E-state index contributed by atoms with van der Waals surface area (Å²) >= 11 is 3.03. The number of rotatable bonds is 6. The molecule has 124 valence electrons. The SMILES string of the molecule is Cc1ccc(CC(CNC(=O)c2cc3cscc3s2)C(=O)O)cc1. The van der Waals surface area contributed by atoms with Crippen LogP contribution in [0.5, 0.6) is 0 Å². The van der Waals surface area contributed by atoms with E-state index >= 15 is 0 Å². The predicted molar refractivity (Wildman–Crippen MR) is 98.0 cm³/mol. The number of nitrogens with one attached hydrogen (secondary N) is 1. The molecule has 4 nitrogen and oxygen atoms in total. The van der Waals surface area contributed by atoms with E-state index in [2.05, 4.69) is 5.32 Å². The van der Waals surface area contributed by atoms with Crippen molar-refractivity contribution in [1.82, 2.24) is 5.32 Å². The molecule has 3 rings (SSSR count). The van der Waals surface area contributed by atoms with E-state index in [1.54, 1.807) is 11.3 Å². The van der Waals surface area contributed by atoms with Crippen molar-refractivity contribution in [2.24, 2.45) is 5.92 Å². The van der Waals surface area contributed by atoms with E-state index in [4.69, 9.17) is 0 Å². The number of carbonyl (C=O) groups is 2. The lowest BCUT2D eigenvalue weighted by Crippen LogP contribution is -2.33. The Balaban J connectivity index is 1.63. The van der Waals surface area contributed by atoms with Crippen LogP contribution in [0.25, 0.3) is 10.1 Å². The molecule has 2 N–H and O–H groups in total. The van der Waals surface area contributed by atoms with E-state index in [0.717, 1.165) is 21.2 Å². The topological polar surface area (TPSA) is 66.4 Å². The van der Waals surface area contributed by atoms with Crippen molar-refractivity contribution in [1.29, 1.82) is 0 Å². The fourth-order valence-corrected chi connectivity index (χ4v) is 4.37. The van der Waals surface area contributed by atoms with Crippen molar-refractivity contribution >= 4 is 44.6 Å². The van der Waals surface area contributed by atoms with Crippen molar-refractivity contribution in [3.63, 3.8) is 0 Å². The van der Waals surface area contributed by atoms with Gasteiger partial charge in [0.15, 0.2) is 0 Å². The van der Waals surface area contributed by atoms with Crippen molar-refractivity contribution in [3.05, 3.63) is 57.1 Å². The zero-order valence-electron chi connectivity index (χ0n) is 13.1. The number of carboxylic acids is 1. The molecule has 0 radical (unpaired) electrons. The Morgan fingerprint density at radius 1 is 1.21 bits per heavy atom. The van der Waals surface area contributed by atoms with Gasteiger partial charge in [0.1, 0.15) is 0 Å². The van der Waals surface area contributed by atoms with Gasteiger partial charge in [-0.3, -0.25) is 9.59 Å². The maximum absolute atomic E-state index is 12.2. The van der Waals surface area contributed by atoms with Gasteiger partial charge >= 0.3 is 5.97 Å². The van der Waals surface area contributed by atoms with Crippen LogP contribution in [0, 0.1) is 12.8 Å². The van der Waals surface area contributed by atoms with E-state index in [9.17, 15) is 14.7 Å². The standard InChI is InChI=1S/C18H17NO3S2/c1-11-2-4-12(5-3-11)6-13(18(21)22)8-19-17(20)15-7-14-9-23-10-16(14)24-15/h2-5,7,9-10,13H,6,8H2,1H3,(H,19,20)(H,21,22). The van der Waals surface area contributed by atoms with Crippen molar-refractivity contribution in [2.45, 2.75) is 13.3 Å². The molecule has 1 unspecified atom stereocenters. The highest BCUT2D eigenvalue weighted by Gasteiger charge is 2.20. The molecule has 0 fully saturated rings. The molecule has 0 bridgehead atoms. The highest BCUT2D eigenvalue weighted by atomic mass is 32.1. The average molecular weight is 359 g/mol. The van der Waals surface area contributed by atoms with Crippen LogP contribution in [0.1, 0.15) is 20.8 Å². The number of carboxylic acid groups (broad SMARTS) is 1. The van der Waals surface area contributed by atoms with Crippen LogP contribution < -0.4 is 5.32 Å². The first-order valence-corrected chi connectivity index (χ1v) is 9.31. The number of carbonyl (C=O) groups excluding carboxylic acids is 1. The normalized spacial score (nSPS) is 12.2. The zero-order valence-corrected chi connectivity index (χ0v) is 14.7. The maximum Gasteiger partial charge on any atom is 0.308 e. The summed E-state index contributed by atoms with van der Waals surface area (Å²) in [6, 6.07) is 9.64. The summed E-state index contributed by atoms with van der Waals surface area (Å²) in [6.45, 7) is 2.11. The Kier molecular flexibility index (Phi) is 4.97. The largest absolute Gasteiger partial charge is 0.481 e. The first-order valence-electron chi connectivity index (χ1n) is 7.55. The molecule has 1 amide bonds. The molecule has 3 aromatic rings. The van der Waals surface area contributed by atoms with Crippen LogP contribution >= 0.6 is 22.7 Å². The maximum atomic E-state index is 12.2. The smallest absolute Gasteiger partial charge is 0.308 e. The first-order chi connectivity index (χ1) is 11.5. The second-order valence-corrected chi connectivity index (χ2v) is 7.56. The second kappa shape index (κ2) is 7.15. The molecule has 24 heavy (non-hydrogen) atoms. The highest BCUT2D eigenvalue weighted by molar-refractivity contribution is 7.24. The lowest BCUT2D eigenvalue weighted by molar-refractivity contribution is -0.141. The van der Waals surface area contributed by atoms with Gasteiger partial charge in [-0.1, -0.05) is 29.8 Å². The molecule has 1 atom stereocenters. The molecule has 0 aliphatic carbocycles. The number of thiophene rings is 2. The second-order valence-electron chi connectivity index (χ2n) is 5.74. The van der Waals surface area contributed by atoms with Crippen molar-refractivity contribution in [3.8, 4) is 0 Å². The number of hydrogen-bond acceptors (Lipinski definition) is 4. The number of amides is 1. The molecular weight excluding hydrogens is 342 g/mol. The summed E-state index contributed by atoms with van der Waals surface area (Å²) in [7, 11) is 0. The van der Waals surface area contributed by atoms with Gasteiger partial charge < -0.3 is 10.4 Å². The Hall–Kier alpha value is -2.18. The van der Waals surface area contributed by atoms with E-state index in [1.165, 1.54) is 11.3 Å². The summed E-state index contributed by atoms with van der Waals surface area (Å²) in [5.74, 6) is -1.75. The van der Waals surface area contributed by atoms with E-state index < -0.39 is 11.9 Å². The average Bonchev–Trinajstić information content (AvgIpc) is 3.14. The number of aliphatic carboxylic acids is 1. The Morgan fingerprint density at radius 3 is 2.62 bits per heavy atom. The molecule has 0 aliphatic rings. The Labute approximate surface area is 147 Å². The zero-order chi connectivity index (χ0) is 17.1. The summed E-state index contributed by atoms with van der Waals surface area (Å²) in [5.41, 5.74) is 2.09. The Morgan fingerprint density at radius 2 is 1.96 bits per heavy atom. The van der Waals surface area contributed by atoms with Crippen LogP contribution in [0.4, 0.5) is 0 Å². The third kappa shape index (κ3) is 3.83.